The molecule has 0 aromatic heterocycles. The second-order valence-corrected chi connectivity index (χ2v) is 6.86. The first-order valence-electron chi connectivity index (χ1n) is 6.28. The van der Waals surface area contributed by atoms with Crippen molar-refractivity contribution in [1.82, 2.24) is 0 Å². The smallest absolute Gasteiger partial charge is 0.185 e. The van der Waals surface area contributed by atoms with Crippen LogP contribution in [0.25, 0.3) is 0 Å². The summed E-state index contributed by atoms with van der Waals surface area (Å²) < 4.78 is 24.3. The summed E-state index contributed by atoms with van der Waals surface area (Å²) in [6.45, 7) is 3.77. The highest BCUT2D eigenvalue weighted by molar-refractivity contribution is 7.92. The molecule has 2 rings (SSSR count). The normalized spacial score (nSPS) is 11.3. The summed E-state index contributed by atoms with van der Waals surface area (Å²) in [6, 6.07) is 13.4. The Kier molecular flexibility index (Phi) is 4.04. The van der Waals surface area contributed by atoms with Crippen molar-refractivity contribution < 1.29 is 13.2 Å². The first-order chi connectivity index (χ1) is 9.38. The summed E-state index contributed by atoms with van der Waals surface area (Å²) in [7, 11) is -3.58. The van der Waals surface area contributed by atoms with Crippen LogP contribution < -0.4 is 0 Å². The standard InChI is InChI=1S/C16H16O3S/c1-12-8-13(2)10-14(9-12)16(17)11-20(18,19)15-6-4-3-5-7-15/h3-10H,11H2,1-2H3. The van der Waals surface area contributed by atoms with Crippen LogP contribution in [0.5, 0.6) is 0 Å². The van der Waals surface area contributed by atoms with E-state index in [0.717, 1.165) is 11.1 Å². The Bertz CT molecular complexity index is 711. The zero-order chi connectivity index (χ0) is 14.8. The monoisotopic (exact) mass is 288 g/mol. The van der Waals surface area contributed by atoms with Crippen LogP contribution in [0, 0.1) is 13.8 Å². The largest absolute Gasteiger partial charge is 0.293 e. The van der Waals surface area contributed by atoms with Gasteiger partial charge in [-0.1, -0.05) is 35.4 Å². The number of sulfone groups is 1. The van der Waals surface area contributed by atoms with Crippen molar-refractivity contribution in [3.63, 3.8) is 0 Å². The summed E-state index contributed by atoms with van der Waals surface area (Å²) in [5.41, 5.74) is 2.35. The van der Waals surface area contributed by atoms with Crippen LogP contribution in [0.4, 0.5) is 0 Å². The van der Waals surface area contributed by atoms with Crippen LogP contribution in [0.1, 0.15) is 21.5 Å². The molecule has 0 heterocycles. The van der Waals surface area contributed by atoms with Crippen molar-refractivity contribution in [1.29, 1.82) is 0 Å². The van der Waals surface area contributed by atoms with Crippen LogP contribution >= 0.6 is 0 Å². The Morgan fingerprint density at radius 2 is 1.50 bits per heavy atom. The van der Waals surface area contributed by atoms with Crippen LogP contribution in [-0.2, 0) is 9.84 Å². The minimum absolute atomic E-state index is 0.178. The predicted molar refractivity (Wildman–Crippen MR) is 78.7 cm³/mol. The highest BCUT2D eigenvalue weighted by atomic mass is 32.2. The number of aryl methyl sites for hydroxylation is 2. The highest BCUT2D eigenvalue weighted by Crippen LogP contribution is 2.14. The molecule has 2 aromatic carbocycles. The van der Waals surface area contributed by atoms with E-state index in [1.54, 1.807) is 30.3 Å². The fraction of sp³-hybridized carbons (Fsp3) is 0.188. The number of hydrogen-bond donors (Lipinski definition) is 0. The Hall–Kier alpha value is -1.94. The van der Waals surface area contributed by atoms with E-state index in [1.165, 1.54) is 12.1 Å². The number of carbonyl (C=O) groups is 1. The number of hydrogen-bond acceptors (Lipinski definition) is 3. The molecule has 3 nitrogen and oxygen atoms in total. The number of Topliss-reactive ketones (excluding diaryl/α,β-unsaturated/α-hetero) is 1. The zero-order valence-corrected chi connectivity index (χ0v) is 12.3. The Balaban J connectivity index is 2.28. The van der Waals surface area contributed by atoms with Crippen LogP contribution in [0.2, 0.25) is 0 Å². The van der Waals surface area contributed by atoms with Gasteiger partial charge >= 0.3 is 0 Å². The van der Waals surface area contributed by atoms with Crippen LogP contribution in [-0.4, -0.2) is 20.0 Å². The van der Waals surface area contributed by atoms with Crippen molar-refractivity contribution in [3.8, 4) is 0 Å². The minimum Gasteiger partial charge on any atom is -0.293 e. The lowest BCUT2D eigenvalue weighted by atomic mass is 10.1. The van der Waals surface area contributed by atoms with Gasteiger partial charge in [0.2, 0.25) is 0 Å². The average Bonchev–Trinajstić information content (AvgIpc) is 2.38. The van der Waals surface area contributed by atoms with Crippen LogP contribution in [0.15, 0.2) is 53.4 Å². The van der Waals surface area contributed by atoms with Gasteiger partial charge in [-0.05, 0) is 38.1 Å². The predicted octanol–water partition coefficient (Wildman–Crippen LogP) is 2.96. The molecule has 0 aliphatic rings. The summed E-state index contributed by atoms with van der Waals surface area (Å²) in [5.74, 6) is -0.874. The number of rotatable bonds is 4. The van der Waals surface area contributed by atoms with Gasteiger partial charge in [-0.15, -0.1) is 0 Å². The molecule has 0 radical (unpaired) electrons. The van der Waals surface area contributed by atoms with Gasteiger partial charge in [0.25, 0.3) is 0 Å². The van der Waals surface area contributed by atoms with Gasteiger partial charge in [0, 0.05) is 5.56 Å². The van der Waals surface area contributed by atoms with Gasteiger partial charge in [-0.25, -0.2) is 8.42 Å². The second-order valence-electron chi connectivity index (χ2n) is 4.87. The van der Waals surface area contributed by atoms with Crippen molar-refractivity contribution >= 4 is 15.6 Å². The Labute approximate surface area is 119 Å². The molecule has 0 aliphatic carbocycles. The molecular weight excluding hydrogens is 272 g/mol. The van der Waals surface area contributed by atoms with E-state index < -0.39 is 15.6 Å². The molecule has 0 bridgehead atoms. The quantitative estimate of drug-likeness (QED) is 0.813. The average molecular weight is 288 g/mol. The number of carbonyl (C=O) groups excluding carboxylic acids is 1. The van der Waals surface area contributed by atoms with E-state index in [4.69, 9.17) is 0 Å². The topological polar surface area (TPSA) is 51.2 Å². The third-order valence-corrected chi connectivity index (χ3v) is 4.60. The van der Waals surface area contributed by atoms with E-state index in [9.17, 15) is 13.2 Å². The van der Waals surface area contributed by atoms with Crippen LogP contribution in [0.3, 0.4) is 0 Å². The molecule has 0 N–H and O–H groups in total. The molecule has 0 atom stereocenters. The fourth-order valence-electron chi connectivity index (χ4n) is 2.10. The Morgan fingerprint density at radius 3 is 2.05 bits per heavy atom. The Morgan fingerprint density at radius 1 is 0.950 bits per heavy atom. The van der Waals surface area contributed by atoms with Crippen molar-refractivity contribution in [2.45, 2.75) is 18.7 Å². The van der Waals surface area contributed by atoms with Gasteiger partial charge in [-0.3, -0.25) is 4.79 Å². The lowest BCUT2D eigenvalue weighted by Gasteiger charge is -2.06. The number of ketones is 1. The van der Waals surface area contributed by atoms with Gasteiger partial charge in [0.1, 0.15) is 5.75 Å². The molecule has 0 aliphatic heterocycles. The van der Waals surface area contributed by atoms with Crippen molar-refractivity contribution in [2.75, 3.05) is 5.75 Å². The maximum atomic E-state index is 12.2. The summed E-state index contributed by atoms with van der Waals surface area (Å²) in [4.78, 5) is 12.3. The molecule has 0 saturated carbocycles. The first kappa shape index (κ1) is 14.5. The van der Waals surface area contributed by atoms with E-state index >= 15 is 0 Å². The van der Waals surface area contributed by atoms with Gasteiger partial charge in [0.15, 0.2) is 15.6 Å². The molecular formula is C16H16O3S. The van der Waals surface area contributed by atoms with Crippen molar-refractivity contribution in [2.24, 2.45) is 0 Å². The lowest BCUT2D eigenvalue weighted by molar-refractivity contribution is 0.102. The summed E-state index contributed by atoms with van der Waals surface area (Å²) >= 11 is 0. The molecule has 0 unspecified atom stereocenters. The molecule has 4 heteroatoms. The highest BCUT2D eigenvalue weighted by Gasteiger charge is 2.20. The van der Waals surface area contributed by atoms with Crippen molar-refractivity contribution in [3.05, 3.63) is 65.2 Å². The molecule has 0 saturated heterocycles. The SMILES string of the molecule is Cc1cc(C)cc(C(=O)CS(=O)(=O)c2ccccc2)c1. The number of benzene rings is 2. The van der Waals surface area contributed by atoms with Gasteiger partial charge < -0.3 is 0 Å². The molecule has 0 amide bonds. The maximum Gasteiger partial charge on any atom is 0.185 e. The van der Waals surface area contributed by atoms with Gasteiger partial charge in [-0.2, -0.15) is 0 Å². The third-order valence-electron chi connectivity index (χ3n) is 2.97. The minimum atomic E-state index is -3.58. The fourth-order valence-corrected chi connectivity index (χ4v) is 3.35. The molecule has 2 aromatic rings. The van der Waals surface area contributed by atoms with E-state index in [1.807, 2.05) is 19.9 Å². The second kappa shape index (κ2) is 5.59. The molecule has 20 heavy (non-hydrogen) atoms. The molecule has 104 valence electrons. The van der Waals surface area contributed by atoms with Gasteiger partial charge in [0.05, 0.1) is 4.90 Å². The maximum absolute atomic E-state index is 12.2. The molecule has 0 spiro atoms. The first-order valence-corrected chi connectivity index (χ1v) is 7.93. The zero-order valence-electron chi connectivity index (χ0n) is 11.5. The van der Waals surface area contributed by atoms with E-state index in [2.05, 4.69) is 0 Å². The van der Waals surface area contributed by atoms with E-state index in [0.29, 0.717) is 5.56 Å². The summed E-state index contributed by atoms with van der Waals surface area (Å²) in [5, 5.41) is 0. The molecule has 0 fully saturated rings. The third kappa shape index (κ3) is 3.33. The van der Waals surface area contributed by atoms with E-state index in [-0.39, 0.29) is 10.7 Å². The summed E-state index contributed by atoms with van der Waals surface area (Å²) in [6.07, 6.45) is 0. The lowest BCUT2D eigenvalue weighted by Crippen LogP contribution is -2.16.